The van der Waals surface area contributed by atoms with Crippen LogP contribution in [-0.4, -0.2) is 29.2 Å². The summed E-state index contributed by atoms with van der Waals surface area (Å²) in [5.41, 5.74) is 1.81. The van der Waals surface area contributed by atoms with Crippen LogP contribution in [0.3, 0.4) is 0 Å². The van der Waals surface area contributed by atoms with E-state index in [0.29, 0.717) is 18.2 Å². The Hall–Kier alpha value is -1.88. The minimum absolute atomic E-state index is 0.0288. The van der Waals surface area contributed by atoms with Gasteiger partial charge < -0.3 is 9.64 Å². The van der Waals surface area contributed by atoms with E-state index in [2.05, 4.69) is 28.7 Å². The van der Waals surface area contributed by atoms with Crippen molar-refractivity contribution in [2.45, 2.75) is 19.9 Å². The summed E-state index contributed by atoms with van der Waals surface area (Å²) in [5, 5.41) is 0.0288. The molecule has 21 heavy (non-hydrogen) atoms. The topological polar surface area (TPSA) is 38.2 Å². The van der Waals surface area contributed by atoms with Gasteiger partial charge in [0.15, 0.2) is 5.82 Å². The maximum absolute atomic E-state index is 13.9. The van der Waals surface area contributed by atoms with Crippen LogP contribution in [0, 0.1) is 5.82 Å². The molecular weight excluding hydrogens is 293 g/mol. The van der Waals surface area contributed by atoms with Gasteiger partial charge in [-0.3, -0.25) is 0 Å². The molecule has 2 aromatic rings. The first-order valence-electron chi connectivity index (χ1n) is 6.78. The van der Waals surface area contributed by atoms with E-state index < -0.39 is 5.82 Å². The van der Waals surface area contributed by atoms with Crippen molar-refractivity contribution in [2.75, 3.05) is 18.1 Å². The van der Waals surface area contributed by atoms with Gasteiger partial charge in [0.2, 0.25) is 5.28 Å². The molecule has 0 saturated heterocycles. The molecule has 0 atom stereocenters. The second-order valence-electron chi connectivity index (χ2n) is 5.15. The van der Waals surface area contributed by atoms with Crippen LogP contribution >= 0.6 is 11.6 Å². The van der Waals surface area contributed by atoms with E-state index in [1.54, 1.807) is 6.07 Å². The highest BCUT2D eigenvalue weighted by molar-refractivity contribution is 6.28. The Morgan fingerprint density at radius 3 is 2.95 bits per heavy atom. The van der Waals surface area contributed by atoms with E-state index in [4.69, 9.17) is 16.3 Å². The summed E-state index contributed by atoms with van der Waals surface area (Å²) in [7, 11) is 0. The van der Waals surface area contributed by atoms with Gasteiger partial charge in [-0.05, 0) is 43.6 Å². The molecule has 0 bridgehead atoms. The third-order valence-electron chi connectivity index (χ3n) is 3.47. The van der Waals surface area contributed by atoms with Crippen LogP contribution in [0.4, 0.5) is 10.1 Å². The molecule has 0 spiro atoms. The fraction of sp³-hybridized carbons (Fsp3) is 0.333. The zero-order valence-electron chi connectivity index (χ0n) is 11.8. The van der Waals surface area contributed by atoms with Crippen molar-refractivity contribution in [1.29, 1.82) is 0 Å². The van der Waals surface area contributed by atoms with Gasteiger partial charge in [0.25, 0.3) is 0 Å². The first kappa shape index (κ1) is 14.1. The first-order chi connectivity index (χ1) is 10.1. The first-order valence-corrected chi connectivity index (χ1v) is 7.16. The second kappa shape index (κ2) is 5.48. The Morgan fingerprint density at radius 1 is 1.38 bits per heavy atom. The summed E-state index contributed by atoms with van der Waals surface area (Å²) in [6.45, 7) is 5.69. The van der Waals surface area contributed by atoms with Gasteiger partial charge in [0.1, 0.15) is 18.1 Å². The number of aromatic nitrogens is 2. The van der Waals surface area contributed by atoms with Crippen molar-refractivity contribution in [2.24, 2.45) is 0 Å². The summed E-state index contributed by atoms with van der Waals surface area (Å²) in [5.74, 6) is 0.312. The molecule has 0 amide bonds. The number of ether oxygens (including phenoxy) is 1. The van der Waals surface area contributed by atoms with Crippen LogP contribution in [-0.2, 0) is 0 Å². The van der Waals surface area contributed by atoms with E-state index in [9.17, 15) is 4.39 Å². The standard InChI is InChI=1S/C15H15ClFN3O/c1-9(2)20-5-6-21-13-4-3-10(7-12(13)20)14-11(17)8-18-15(16)19-14/h3-4,7-9H,5-6H2,1-2H3. The van der Waals surface area contributed by atoms with Crippen molar-refractivity contribution >= 4 is 17.3 Å². The summed E-state index contributed by atoms with van der Waals surface area (Å²) in [6.07, 6.45) is 1.08. The van der Waals surface area contributed by atoms with E-state index in [0.717, 1.165) is 24.2 Å². The van der Waals surface area contributed by atoms with Crippen LogP contribution in [0.25, 0.3) is 11.3 Å². The smallest absolute Gasteiger partial charge is 0.223 e. The maximum atomic E-state index is 13.9. The molecule has 1 aromatic heterocycles. The molecule has 0 N–H and O–H groups in total. The highest BCUT2D eigenvalue weighted by Crippen LogP contribution is 2.36. The van der Waals surface area contributed by atoms with Gasteiger partial charge in [0.05, 0.1) is 18.4 Å². The molecule has 1 aliphatic rings. The van der Waals surface area contributed by atoms with Gasteiger partial charge >= 0.3 is 0 Å². The Labute approximate surface area is 127 Å². The van der Waals surface area contributed by atoms with Crippen LogP contribution < -0.4 is 9.64 Å². The average molecular weight is 308 g/mol. The number of hydrogen-bond donors (Lipinski definition) is 0. The lowest BCUT2D eigenvalue weighted by molar-refractivity contribution is 0.303. The molecule has 6 heteroatoms. The summed E-state index contributed by atoms with van der Waals surface area (Å²) in [4.78, 5) is 9.85. The molecule has 0 aliphatic carbocycles. The fourth-order valence-electron chi connectivity index (χ4n) is 2.47. The number of nitrogens with zero attached hydrogens (tertiary/aromatic N) is 3. The van der Waals surface area contributed by atoms with E-state index in [1.807, 2.05) is 12.1 Å². The summed E-state index contributed by atoms with van der Waals surface area (Å²) >= 11 is 5.77. The van der Waals surface area contributed by atoms with Crippen molar-refractivity contribution < 1.29 is 9.13 Å². The molecule has 2 heterocycles. The third kappa shape index (κ3) is 2.65. The van der Waals surface area contributed by atoms with Gasteiger partial charge in [-0.25, -0.2) is 14.4 Å². The summed E-state index contributed by atoms with van der Waals surface area (Å²) < 4.78 is 19.6. The highest BCUT2D eigenvalue weighted by atomic mass is 35.5. The van der Waals surface area contributed by atoms with Crippen molar-refractivity contribution in [3.8, 4) is 17.0 Å². The molecule has 1 aliphatic heterocycles. The zero-order valence-corrected chi connectivity index (χ0v) is 12.6. The SMILES string of the molecule is CC(C)N1CCOc2ccc(-c3nc(Cl)ncc3F)cc21. The Bertz CT molecular complexity index is 678. The number of anilines is 1. The molecule has 110 valence electrons. The molecule has 0 saturated carbocycles. The Kier molecular flexibility index (Phi) is 3.68. The van der Waals surface area contributed by atoms with E-state index in [1.165, 1.54) is 0 Å². The lowest BCUT2D eigenvalue weighted by Gasteiger charge is -2.34. The highest BCUT2D eigenvalue weighted by Gasteiger charge is 2.21. The van der Waals surface area contributed by atoms with Crippen molar-refractivity contribution in [3.05, 3.63) is 35.5 Å². The molecule has 4 nitrogen and oxygen atoms in total. The third-order valence-corrected chi connectivity index (χ3v) is 3.65. The number of fused-ring (bicyclic) bond motifs is 1. The number of benzene rings is 1. The molecule has 0 radical (unpaired) electrons. The van der Waals surface area contributed by atoms with Crippen molar-refractivity contribution in [1.82, 2.24) is 9.97 Å². The molecule has 0 fully saturated rings. The van der Waals surface area contributed by atoms with E-state index in [-0.39, 0.29) is 11.0 Å². The fourth-order valence-corrected chi connectivity index (χ4v) is 2.60. The Balaban J connectivity index is 2.10. The summed E-state index contributed by atoms with van der Waals surface area (Å²) in [6, 6.07) is 5.84. The van der Waals surface area contributed by atoms with Gasteiger partial charge in [-0.15, -0.1) is 0 Å². The second-order valence-corrected chi connectivity index (χ2v) is 5.49. The van der Waals surface area contributed by atoms with Crippen LogP contribution in [0.2, 0.25) is 5.28 Å². The zero-order chi connectivity index (χ0) is 15.0. The van der Waals surface area contributed by atoms with Gasteiger partial charge in [-0.1, -0.05) is 0 Å². The van der Waals surface area contributed by atoms with Crippen molar-refractivity contribution in [3.63, 3.8) is 0 Å². The van der Waals surface area contributed by atoms with Crippen LogP contribution in [0.5, 0.6) is 5.75 Å². The van der Waals surface area contributed by atoms with Crippen LogP contribution in [0.15, 0.2) is 24.4 Å². The molecule has 3 rings (SSSR count). The quantitative estimate of drug-likeness (QED) is 0.795. The lowest BCUT2D eigenvalue weighted by Crippen LogP contribution is -2.37. The predicted octanol–water partition coefficient (Wildman–Crippen LogP) is 3.54. The number of halogens is 2. The maximum Gasteiger partial charge on any atom is 0.223 e. The van der Waals surface area contributed by atoms with Gasteiger partial charge in [0, 0.05) is 11.6 Å². The molecule has 1 aromatic carbocycles. The molecular formula is C15H15ClFN3O. The normalized spacial score (nSPS) is 14.0. The minimum Gasteiger partial charge on any atom is -0.490 e. The Morgan fingerprint density at radius 2 is 2.19 bits per heavy atom. The number of rotatable bonds is 2. The van der Waals surface area contributed by atoms with Gasteiger partial charge in [-0.2, -0.15) is 0 Å². The average Bonchev–Trinajstić information content (AvgIpc) is 2.48. The molecule has 0 unspecified atom stereocenters. The van der Waals surface area contributed by atoms with E-state index >= 15 is 0 Å². The lowest BCUT2D eigenvalue weighted by atomic mass is 10.1. The number of hydrogen-bond acceptors (Lipinski definition) is 4. The monoisotopic (exact) mass is 307 g/mol. The van der Waals surface area contributed by atoms with Crippen LogP contribution in [0.1, 0.15) is 13.8 Å². The largest absolute Gasteiger partial charge is 0.490 e. The minimum atomic E-state index is -0.493. The predicted molar refractivity (Wildman–Crippen MR) is 80.4 cm³/mol.